The second kappa shape index (κ2) is 5.75. The zero-order chi connectivity index (χ0) is 18.5. The average Bonchev–Trinajstić information content (AvgIpc) is 3.17. The molecule has 0 radical (unpaired) electrons. The molecule has 0 atom stereocenters. The summed E-state index contributed by atoms with van der Waals surface area (Å²) in [6.45, 7) is 0. The fourth-order valence-electron chi connectivity index (χ4n) is 3.35. The number of anilines is 1. The second-order valence-corrected chi connectivity index (χ2v) is 6.52. The molecule has 2 amide bonds. The first-order chi connectivity index (χ1) is 13.1. The van der Waals surface area contributed by atoms with Crippen LogP contribution in [0.25, 0.3) is 16.9 Å². The van der Waals surface area contributed by atoms with E-state index >= 15 is 0 Å². The minimum atomic E-state index is -0.373. The van der Waals surface area contributed by atoms with E-state index < -0.39 is 0 Å². The summed E-state index contributed by atoms with van der Waals surface area (Å²) >= 11 is 6.13. The second-order valence-electron chi connectivity index (χ2n) is 6.08. The Morgan fingerprint density at radius 1 is 0.815 bits per heavy atom. The molecule has 130 valence electrons. The van der Waals surface area contributed by atoms with Crippen LogP contribution in [0.3, 0.4) is 0 Å². The summed E-state index contributed by atoms with van der Waals surface area (Å²) < 4.78 is 1.69. The fraction of sp³-hybridized carbons (Fsp3) is 0. The van der Waals surface area contributed by atoms with Gasteiger partial charge in [0.05, 0.1) is 16.6 Å². The van der Waals surface area contributed by atoms with Gasteiger partial charge in [-0.25, -0.2) is 14.9 Å². The van der Waals surface area contributed by atoms with Crippen LogP contribution in [-0.4, -0.2) is 26.3 Å². The van der Waals surface area contributed by atoms with Gasteiger partial charge in [0.25, 0.3) is 11.8 Å². The maximum Gasteiger partial charge on any atom is 0.267 e. The predicted molar refractivity (Wildman–Crippen MR) is 101 cm³/mol. The molecule has 0 saturated heterocycles. The van der Waals surface area contributed by atoms with Crippen molar-refractivity contribution in [3.05, 3.63) is 83.1 Å². The first-order valence-corrected chi connectivity index (χ1v) is 8.59. The van der Waals surface area contributed by atoms with E-state index in [1.54, 1.807) is 65.5 Å². The largest absolute Gasteiger partial charge is 0.268 e. The molecule has 0 aliphatic carbocycles. The van der Waals surface area contributed by atoms with Crippen molar-refractivity contribution in [1.29, 1.82) is 0 Å². The minimum absolute atomic E-state index is 0.362. The average molecular weight is 375 g/mol. The van der Waals surface area contributed by atoms with Crippen molar-refractivity contribution in [1.82, 2.24) is 14.5 Å². The van der Waals surface area contributed by atoms with Crippen molar-refractivity contribution >= 4 is 40.1 Å². The van der Waals surface area contributed by atoms with Gasteiger partial charge in [-0.15, -0.1) is 0 Å². The quantitative estimate of drug-likeness (QED) is 0.499. The van der Waals surface area contributed by atoms with Gasteiger partial charge >= 0.3 is 0 Å². The number of hydrogen-bond donors (Lipinski definition) is 0. The zero-order valence-electron chi connectivity index (χ0n) is 13.8. The molecule has 1 aliphatic heterocycles. The van der Waals surface area contributed by atoms with E-state index in [9.17, 15) is 9.59 Å². The summed E-state index contributed by atoms with van der Waals surface area (Å²) in [7, 11) is 0. The molecular formula is C20H11ClN4O2. The number of nitrogens with zero attached hydrogens (tertiary/aromatic N) is 4. The number of benzene rings is 2. The maximum atomic E-state index is 13.0. The van der Waals surface area contributed by atoms with Gasteiger partial charge in [-0.3, -0.25) is 14.2 Å². The van der Waals surface area contributed by atoms with Gasteiger partial charge in [-0.2, -0.15) is 0 Å². The first-order valence-electron chi connectivity index (χ1n) is 8.21. The summed E-state index contributed by atoms with van der Waals surface area (Å²) in [4.78, 5) is 35.7. The van der Waals surface area contributed by atoms with E-state index in [0.29, 0.717) is 27.9 Å². The highest BCUT2D eigenvalue weighted by atomic mass is 35.5. The Bertz CT molecular complexity index is 1200. The van der Waals surface area contributed by atoms with Crippen LogP contribution in [0.2, 0.25) is 5.02 Å². The van der Waals surface area contributed by atoms with Gasteiger partial charge in [0.1, 0.15) is 5.82 Å². The molecule has 0 bridgehead atoms. The molecule has 1 aliphatic rings. The smallest absolute Gasteiger partial charge is 0.267 e. The molecular weight excluding hydrogens is 364 g/mol. The molecule has 2 aromatic heterocycles. The Hall–Kier alpha value is -3.51. The number of fused-ring (bicyclic) bond motifs is 2. The number of imide groups is 1. The Morgan fingerprint density at radius 3 is 2.15 bits per heavy atom. The third kappa shape index (κ3) is 2.27. The Morgan fingerprint density at radius 2 is 1.48 bits per heavy atom. The standard InChI is InChI=1S/C20H11ClN4O2/c21-13-6-7-16-12(10-13)11-17(24(16)20-22-8-3-9-23-20)25-18(26)14-4-1-2-5-15(14)19(25)27/h1-11H. The maximum absolute atomic E-state index is 13.0. The Balaban J connectivity index is 1.80. The molecule has 6 nitrogen and oxygen atoms in total. The van der Waals surface area contributed by atoms with E-state index in [0.717, 1.165) is 15.8 Å². The lowest BCUT2D eigenvalue weighted by atomic mass is 10.1. The first kappa shape index (κ1) is 15.7. The van der Waals surface area contributed by atoms with Gasteiger partial charge < -0.3 is 0 Å². The number of carbonyl (C=O) groups is 2. The monoisotopic (exact) mass is 374 g/mol. The molecule has 0 fully saturated rings. The van der Waals surface area contributed by atoms with Crippen molar-refractivity contribution in [2.75, 3.05) is 4.90 Å². The number of rotatable bonds is 2. The van der Waals surface area contributed by atoms with Crippen LogP contribution < -0.4 is 4.90 Å². The Labute approximate surface area is 158 Å². The fourth-order valence-corrected chi connectivity index (χ4v) is 3.53. The number of aromatic nitrogens is 3. The molecule has 0 spiro atoms. The van der Waals surface area contributed by atoms with E-state index in [1.165, 1.54) is 0 Å². The highest BCUT2D eigenvalue weighted by molar-refractivity contribution is 6.35. The highest BCUT2D eigenvalue weighted by Gasteiger charge is 2.38. The van der Waals surface area contributed by atoms with Gasteiger partial charge in [0.2, 0.25) is 5.95 Å². The molecule has 4 aromatic rings. The van der Waals surface area contributed by atoms with E-state index in [1.807, 2.05) is 6.07 Å². The van der Waals surface area contributed by atoms with Crippen LogP contribution in [-0.2, 0) is 0 Å². The summed E-state index contributed by atoms with van der Waals surface area (Å²) in [6.07, 6.45) is 3.21. The zero-order valence-corrected chi connectivity index (χ0v) is 14.6. The van der Waals surface area contributed by atoms with Gasteiger partial charge in [-0.05, 0) is 42.5 Å². The highest BCUT2D eigenvalue weighted by Crippen LogP contribution is 2.35. The van der Waals surface area contributed by atoms with Crippen LogP contribution in [0, 0.1) is 0 Å². The van der Waals surface area contributed by atoms with Crippen LogP contribution in [0.15, 0.2) is 67.0 Å². The lowest BCUT2D eigenvalue weighted by molar-refractivity contribution is 0.0924. The van der Waals surface area contributed by atoms with Crippen LogP contribution in [0.5, 0.6) is 0 Å². The number of hydrogen-bond acceptors (Lipinski definition) is 4. The van der Waals surface area contributed by atoms with E-state index in [2.05, 4.69) is 9.97 Å². The van der Waals surface area contributed by atoms with Crippen molar-refractivity contribution in [3.8, 4) is 5.95 Å². The van der Waals surface area contributed by atoms with Gasteiger partial charge in [-0.1, -0.05) is 23.7 Å². The number of carbonyl (C=O) groups excluding carboxylic acids is 2. The third-order valence-electron chi connectivity index (χ3n) is 4.52. The number of amides is 2. The van der Waals surface area contributed by atoms with E-state index in [4.69, 9.17) is 11.6 Å². The molecule has 27 heavy (non-hydrogen) atoms. The minimum Gasteiger partial charge on any atom is -0.268 e. The van der Waals surface area contributed by atoms with Crippen molar-refractivity contribution in [3.63, 3.8) is 0 Å². The molecule has 0 N–H and O–H groups in total. The Kier molecular flexibility index (Phi) is 3.35. The summed E-state index contributed by atoms with van der Waals surface area (Å²) in [6, 6.07) is 15.6. The normalized spacial score (nSPS) is 13.4. The third-order valence-corrected chi connectivity index (χ3v) is 4.75. The van der Waals surface area contributed by atoms with Crippen molar-refractivity contribution in [2.45, 2.75) is 0 Å². The van der Waals surface area contributed by atoms with Crippen LogP contribution in [0.1, 0.15) is 20.7 Å². The lowest BCUT2D eigenvalue weighted by Gasteiger charge is -2.16. The molecule has 2 aromatic carbocycles. The predicted octanol–water partition coefficient (Wildman–Crippen LogP) is 3.87. The van der Waals surface area contributed by atoms with Gasteiger partial charge in [0, 0.05) is 22.8 Å². The van der Waals surface area contributed by atoms with Gasteiger partial charge in [0.15, 0.2) is 0 Å². The lowest BCUT2D eigenvalue weighted by Crippen LogP contribution is -2.31. The van der Waals surface area contributed by atoms with Crippen LogP contribution in [0.4, 0.5) is 5.82 Å². The summed E-state index contributed by atoms with van der Waals surface area (Å²) in [5.41, 5.74) is 1.51. The molecule has 3 heterocycles. The van der Waals surface area contributed by atoms with Crippen LogP contribution >= 0.6 is 11.6 Å². The molecule has 0 saturated carbocycles. The molecule has 0 unspecified atom stereocenters. The number of halogens is 1. The molecule has 7 heteroatoms. The molecule has 5 rings (SSSR count). The SMILES string of the molecule is O=C1c2ccccc2C(=O)N1c1cc2cc(Cl)ccc2n1-c1ncccn1. The topological polar surface area (TPSA) is 68.1 Å². The van der Waals surface area contributed by atoms with Crippen molar-refractivity contribution in [2.24, 2.45) is 0 Å². The summed E-state index contributed by atoms with van der Waals surface area (Å²) in [5.74, 6) is -0.00517. The van der Waals surface area contributed by atoms with E-state index in [-0.39, 0.29) is 11.8 Å². The summed E-state index contributed by atoms with van der Waals surface area (Å²) in [5, 5.41) is 1.34. The van der Waals surface area contributed by atoms with Crippen molar-refractivity contribution < 1.29 is 9.59 Å².